The molecule has 8 nitrogen and oxygen atoms in total. The molecule has 0 bridgehead atoms. The molecule has 1 aliphatic carbocycles. The zero-order chi connectivity index (χ0) is 20.2. The summed E-state index contributed by atoms with van der Waals surface area (Å²) in [7, 11) is 0. The molecule has 1 aromatic carbocycles. The lowest BCUT2D eigenvalue weighted by Gasteiger charge is -2.24. The van der Waals surface area contributed by atoms with Crippen LogP contribution in [0.5, 0.6) is 11.5 Å². The Morgan fingerprint density at radius 2 is 2.10 bits per heavy atom. The first-order chi connectivity index (χ1) is 14.2. The Bertz CT molecular complexity index is 935. The van der Waals surface area contributed by atoms with Crippen molar-refractivity contribution in [3.8, 4) is 17.6 Å². The average molecular weight is 414 g/mol. The van der Waals surface area contributed by atoms with Crippen molar-refractivity contribution >= 4 is 23.4 Å². The summed E-state index contributed by atoms with van der Waals surface area (Å²) in [5.41, 5.74) is 0.700. The highest BCUT2D eigenvalue weighted by atomic mass is 32.2. The number of fused-ring (bicyclic) bond motifs is 1. The summed E-state index contributed by atoms with van der Waals surface area (Å²) < 4.78 is 13.3. The SMILES string of the molecule is CCn1c(SCC(=O)N(CCC#N)c2ccc3c(c2)OCCO3)nnc1C1CC1. The number of thioether (sulfide) groups is 1. The molecular formula is C20H23N5O3S. The van der Waals surface area contributed by atoms with E-state index in [1.54, 1.807) is 17.0 Å². The Morgan fingerprint density at radius 1 is 1.31 bits per heavy atom. The van der Waals surface area contributed by atoms with Gasteiger partial charge in [-0.15, -0.1) is 10.2 Å². The summed E-state index contributed by atoms with van der Waals surface area (Å²) in [6.07, 6.45) is 2.57. The van der Waals surface area contributed by atoms with Crippen LogP contribution in [-0.2, 0) is 11.3 Å². The number of hydrogen-bond acceptors (Lipinski definition) is 7. The van der Waals surface area contributed by atoms with Crippen LogP contribution < -0.4 is 14.4 Å². The van der Waals surface area contributed by atoms with Crippen molar-refractivity contribution in [3.05, 3.63) is 24.0 Å². The monoisotopic (exact) mass is 413 g/mol. The largest absolute Gasteiger partial charge is 0.486 e. The topological polar surface area (TPSA) is 93.3 Å². The lowest BCUT2D eigenvalue weighted by molar-refractivity contribution is -0.116. The number of aromatic nitrogens is 3. The molecule has 2 aromatic rings. The summed E-state index contributed by atoms with van der Waals surface area (Å²) in [4.78, 5) is 14.6. The molecule has 2 aliphatic rings. The van der Waals surface area contributed by atoms with Gasteiger partial charge in [0.1, 0.15) is 19.0 Å². The van der Waals surface area contributed by atoms with Crippen LogP contribution in [0.2, 0.25) is 0 Å². The number of ether oxygens (including phenoxy) is 2. The fraction of sp³-hybridized carbons (Fsp3) is 0.500. The van der Waals surface area contributed by atoms with Gasteiger partial charge in [-0.3, -0.25) is 4.79 Å². The van der Waals surface area contributed by atoms with E-state index in [0.29, 0.717) is 42.9 Å². The maximum Gasteiger partial charge on any atom is 0.237 e. The van der Waals surface area contributed by atoms with Gasteiger partial charge in [-0.05, 0) is 31.9 Å². The molecule has 1 aromatic heterocycles. The Balaban J connectivity index is 1.48. The smallest absolute Gasteiger partial charge is 0.237 e. The third-order valence-corrected chi connectivity index (χ3v) is 5.87. The molecule has 1 fully saturated rings. The molecule has 0 unspecified atom stereocenters. The second-order valence-corrected chi connectivity index (χ2v) is 7.87. The van der Waals surface area contributed by atoms with Crippen molar-refractivity contribution in [1.82, 2.24) is 14.8 Å². The minimum absolute atomic E-state index is 0.0828. The first-order valence-corrected chi connectivity index (χ1v) is 10.8. The quantitative estimate of drug-likeness (QED) is 0.614. The average Bonchev–Trinajstić information content (AvgIpc) is 3.51. The molecule has 0 saturated heterocycles. The minimum Gasteiger partial charge on any atom is -0.486 e. The highest BCUT2D eigenvalue weighted by molar-refractivity contribution is 7.99. The predicted molar refractivity (Wildman–Crippen MR) is 108 cm³/mol. The first kappa shape index (κ1) is 19.6. The van der Waals surface area contributed by atoms with Crippen molar-refractivity contribution in [2.24, 2.45) is 0 Å². The van der Waals surface area contributed by atoms with Gasteiger partial charge >= 0.3 is 0 Å². The summed E-state index contributed by atoms with van der Waals surface area (Å²) in [5, 5.41) is 18.4. The van der Waals surface area contributed by atoms with Crippen LogP contribution >= 0.6 is 11.8 Å². The molecule has 1 aliphatic heterocycles. The van der Waals surface area contributed by atoms with E-state index in [-0.39, 0.29) is 18.1 Å². The third kappa shape index (κ3) is 4.32. The van der Waals surface area contributed by atoms with E-state index in [1.807, 2.05) is 6.07 Å². The van der Waals surface area contributed by atoms with E-state index >= 15 is 0 Å². The van der Waals surface area contributed by atoms with Crippen molar-refractivity contribution in [1.29, 1.82) is 5.26 Å². The van der Waals surface area contributed by atoms with Gasteiger partial charge in [-0.1, -0.05) is 11.8 Å². The van der Waals surface area contributed by atoms with Gasteiger partial charge in [0.2, 0.25) is 5.91 Å². The molecule has 4 rings (SSSR count). The lowest BCUT2D eigenvalue weighted by Crippen LogP contribution is -2.33. The van der Waals surface area contributed by atoms with Gasteiger partial charge < -0.3 is 18.9 Å². The normalized spacial score (nSPS) is 15.0. The van der Waals surface area contributed by atoms with Crippen molar-refractivity contribution in [2.75, 3.05) is 30.4 Å². The Morgan fingerprint density at radius 3 is 2.83 bits per heavy atom. The fourth-order valence-corrected chi connectivity index (χ4v) is 4.20. The number of nitriles is 1. The van der Waals surface area contributed by atoms with E-state index in [4.69, 9.17) is 14.7 Å². The van der Waals surface area contributed by atoms with Crippen molar-refractivity contribution < 1.29 is 14.3 Å². The maximum absolute atomic E-state index is 13.0. The lowest BCUT2D eigenvalue weighted by atomic mass is 10.2. The Kier molecular flexibility index (Phi) is 5.90. The zero-order valence-electron chi connectivity index (χ0n) is 16.3. The molecular weight excluding hydrogens is 390 g/mol. The number of anilines is 1. The number of amides is 1. The molecule has 0 N–H and O–H groups in total. The van der Waals surface area contributed by atoms with Gasteiger partial charge in [-0.25, -0.2) is 0 Å². The van der Waals surface area contributed by atoms with Crippen molar-refractivity contribution in [3.63, 3.8) is 0 Å². The predicted octanol–water partition coefficient (Wildman–Crippen LogP) is 2.99. The van der Waals surface area contributed by atoms with E-state index < -0.39 is 0 Å². The van der Waals surface area contributed by atoms with Gasteiger partial charge in [-0.2, -0.15) is 5.26 Å². The maximum atomic E-state index is 13.0. The Labute approximate surface area is 173 Å². The first-order valence-electron chi connectivity index (χ1n) is 9.84. The molecule has 29 heavy (non-hydrogen) atoms. The summed E-state index contributed by atoms with van der Waals surface area (Å²) in [6, 6.07) is 7.55. The van der Waals surface area contributed by atoms with E-state index in [2.05, 4.69) is 27.8 Å². The van der Waals surface area contributed by atoms with Crippen LogP contribution in [-0.4, -0.2) is 46.2 Å². The van der Waals surface area contributed by atoms with Crippen LogP contribution in [0, 0.1) is 11.3 Å². The summed E-state index contributed by atoms with van der Waals surface area (Å²) in [6.45, 7) is 4.17. The van der Waals surface area contributed by atoms with Gasteiger partial charge in [0.25, 0.3) is 0 Å². The molecule has 0 radical (unpaired) electrons. The highest BCUT2D eigenvalue weighted by Crippen LogP contribution is 2.40. The number of nitrogens with zero attached hydrogens (tertiary/aromatic N) is 5. The standard InChI is InChI=1S/C20H23N5O3S/c1-2-24-19(14-4-5-14)22-23-20(24)29-13-18(26)25(9-3-8-21)15-6-7-16-17(12-15)28-11-10-27-16/h6-7,12,14H,2-5,9-11,13H2,1H3. The van der Waals surface area contributed by atoms with Crippen molar-refractivity contribution in [2.45, 2.75) is 43.8 Å². The number of hydrogen-bond donors (Lipinski definition) is 0. The minimum atomic E-state index is -0.0828. The summed E-state index contributed by atoms with van der Waals surface area (Å²) in [5.74, 6) is 2.97. The highest BCUT2D eigenvalue weighted by Gasteiger charge is 2.30. The molecule has 9 heteroatoms. The number of carbonyl (C=O) groups excluding carboxylic acids is 1. The zero-order valence-corrected chi connectivity index (χ0v) is 17.2. The second-order valence-electron chi connectivity index (χ2n) is 6.93. The number of carbonyl (C=O) groups is 1. The molecule has 0 atom stereocenters. The van der Waals surface area contributed by atoms with Crippen LogP contribution in [0.15, 0.2) is 23.4 Å². The van der Waals surface area contributed by atoms with Gasteiger partial charge in [0, 0.05) is 30.8 Å². The Hall–Kier alpha value is -2.73. The van der Waals surface area contributed by atoms with Crippen LogP contribution in [0.1, 0.15) is 37.9 Å². The van der Waals surface area contributed by atoms with Crippen LogP contribution in [0.4, 0.5) is 5.69 Å². The van der Waals surface area contributed by atoms with Gasteiger partial charge in [0.05, 0.1) is 18.2 Å². The second kappa shape index (κ2) is 8.74. The summed E-state index contributed by atoms with van der Waals surface area (Å²) >= 11 is 1.39. The van der Waals surface area contributed by atoms with Crippen LogP contribution in [0.25, 0.3) is 0 Å². The molecule has 0 spiro atoms. The number of benzene rings is 1. The van der Waals surface area contributed by atoms with Gasteiger partial charge in [0.15, 0.2) is 16.7 Å². The van der Waals surface area contributed by atoms with E-state index in [0.717, 1.165) is 30.4 Å². The third-order valence-electron chi connectivity index (χ3n) is 4.91. The molecule has 2 heterocycles. The van der Waals surface area contributed by atoms with E-state index in [1.165, 1.54) is 11.8 Å². The molecule has 152 valence electrons. The van der Waals surface area contributed by atoms with Crippen LogP contribution in [0.3, 0.4) is 0 Å². The number of rotatable bonds is 8. The molecule has 1 amide bonds. The van der Waals surface area contributed by atoms with E-state index in [9.17, 15) is 4.79 Å². The molecule has 1 saturated carbocycles. The fourth-order valence-electron chi connectivity index (χ4n) is 3.31.